The molecule has 1 aliphatic rings. The Morgan fingerprint density at radius 3 is 2.56 bits per heavy atom. The summed E-state index contributed by atoms with van der Waals surface area (Å²) in [6, 6.07) is 3.83. The number of anilines is 1. The molecule has 0 saturated carbocycles. The van der Waals surface area contributed by atoms with Crippen LogP contribution < -0.4 is 4.90 Å². The van der Waals surface area contributed by atoms with Crippen molar-refractivity contribution in [1.82, 2.24) is 9.88 Å². The second kappa shape index (κ2) is 5.27. The Morgan fingerprint density at radius 1 is 1.25 bits per heavy atom. The predicted molar refractivity (Wildman–Crippen MR) is 63.4 cm³/mol. The minimum absolute atomic E-state index is 0.236. The van der Waals surface area contributed by atoms with Gasteiger partial charge in [0.1, 0.15) is 5.82 Å². The Hall–Kier alpha value is -1.13. The van der Waals surface area contributed by atoms with Crippen molar-refractivity contribution in [3.8, 4) is 0 Å². The molecule has 16 heavy (non-hydrogen) atoms. The summed E-state index contributed by atoms with van der Waals surface area (Å²) in [5.41, 5.74) is 0.697. The van der Waals surface area contributed by atoms with Crippen molar-refractivity contribution in [1.29, 1.82) is 0 Å². The zero-order chi connectivity index (χ0) is 11.4. The van der Waals surface area contributed by atoms with Crippen molar-refractivity contribution in [3.63, 3.8) is 0 Å². The highest BCUT2D eigenvalue weighted by atomic mass is 16.3. The van der Waals surface area contributed by atoms with Gasteiger partial charge in [0, 0.05) is 45.8 Å². The van der Waals surface area contributed by atoms with Gasteiger partial charge in [-0.1, -0.05) is 6.07 Å². The van der Waals surface area contributed by atoms with Gasteiger partial charge in [0.25, 0.3) is 0 Å². The summed E-state index contributed by atoms with van der Waals surface area (Å²) < 4.78 is 0. The van der Waals surface area contributed by atoms with Crippen LogP contribution in [0, 0.1) is 6.92 Å². The van der Waals surface area contributed by atoms with E-state index < -0.39 is 0 Å². The van der Waals surface area contributed by atoms with E-state index in [0.29, 0.717) is 5.56 Å². The van der Waals surface area contributed by atoms with Gasteiger partial charge < -0.3 is 10.0 Å². The molecule has 4 nitrogen and oxygen atoms in total. The molecule has 86 valence electrons. The van der Waals surface area contributed by atoms with Gasteiger partial charge in [-0.05, 0) is 11.6 Å². The van der Waals surface area contributed by atoms with Gasteiger partial charge in [0.15, 0.2) is 0 Å². The van der Waals surface area contributed by atoms with E-state index >= 15 is 0 Å². The molecular weight excluding hydrogens is 202 g/mol. The number of aliphatic hydroxyl groups excluding tert-OH is 1. The fourth-order valence-corrected chi connectivity index (χ4v) is 1.93. The lowest BCUT2D eigenvalue weighted by atomic mass is 10.2. The lowest BCUT2D eigenvalue weighted by Gasteiger charge is -2.35. The van der Waals surface area contributed by atoms with E-state index in [4.69, 9.17) is 12.0 Å². The average Bonchev–Trinajstić information content (AvgIpc) is 2.32. The normalized spacial score (nSPS) is 17.8. The van der Waals surface area contributed by atoms with Crippen LogP contribution in [0.15, 0.2) is 18.3 Å². The second-order valence-corrected chi connectivity index (χ2v) is 4.00. The van der Waals surface area contributed by atoms with Gasteiger partial charge in [-0.25, -0.2) is 4.98 Å². The van der Waals surface area contributed by atoms with Gasteiger partial charge in [0.05, 0.1) is 6.61 Å². The minimum Gasteiger partial charge on any atom is -0.395 e. The second-order valence-electron chi connectivity index (χ2n) is 4.00. The van der Waals surface area contributed by atoms with E-state index in [1.807, 2.05) is 12.1 Å². The number of pyridine rings is 1. The molecule has 4 heteroatoms. The van der Waals surface area contributed by atoms with Crippen LogP contribution in [0.2, 0.25) is 0 Å². The minimum atomic E-state index is 0.236. The van der Waals surface area contributed by atoms with Crippen molar-refractivity contribution in [3.05, 3.63) is 30.8 Å². The summed E-state index contributed by atoms with van der Waals surface area (Å²) in [4.78, 5) is 8.81. The van der Waals surface area contributed by atoms with Gasteiger partial charge in [-0.15, -0.1) is 0 Å². The van der Waals surface area contributed by atoms with Crippen LogP contribution >= 0.6 is 0 Å². The van der Waals surface area contributed by atoms with Crippen LogP contribution in [0.5, 0.6) is 0 Å². The molecule has 1 aliphatic heterocycles. The molecule has 0 bridgehead atoms. The zero-order valence-electron chi connectivity index (χ0n) is 9.34. The summed E-state index contributed by atoms with van der Waals surface area (Å²) in [5, 5.41) is 8.85. The molecule has 0 atom stereocenters. The maximum absolute atomic E-state index is 8.85. The molecule has 1 aromatic rings. The molecule has 0 aliphatic carbocycles. The highest BCUT2D eigenvalue weighted by Gasteiger charge is 2.16. The van der Waals surface area contributed by atoms with Crippen molar-refractivity contribution in [2.24, 2.45) is 0 Å². The Kier molecular flexibility index (Phi) is 3.74. The van der Waals surface area contributed by atoms with Gasteiger partial charge in [0.2, 0.25) is 0 Å². The third-order valence-corrected chi connectivity index (χ3v) is 2.88. The number of aromatic nitrogens is 1. The molecule has 2 rings (SSSR count). The SMILES string of the molecule is [CH]c1ccc(N2CCN(CCO)CC2)nc1. The van der Waals surface area contributed by atoms with Crippen LogP contribution in [0.4, 0.5) is 5.82 Å². The highest BCUT2D eigenvalue weighted by molar-refractivity contribution is 5.40. The molecule has 0 amide bonds. The smallest absolute Gasteiger partial charge is 0.128 e. The highest BCUT2D eigenvalue weighted by Crippen LogP contribution is 2.13. The third kappa shape index (κ3) is 2.71. The molecule has 1 saturated heterocycles. The first-order valence-corrected chi connectivity index (χ1v) is 5.59. The number of piperazine rings is 1. The molecular formula is C12H17N3O. The molecule has 1 aromatic heterocycles. The lowest BCUT2D eigenvalue weighted by Crippen LogP contribution is -2.47. The maximum atomic E-state index is 8.85. The topological polar surface area (TPSA) is 39.6 Å². The van der Waals surface area contributed by atoms with E-state index in [9.17, 15) is 0 Å². The van der Waals surface area contributed by atoms with Gasteiger partial charge >= 0.3 is 0 Å². The van der Waals surface area contributed by atoms with Crippen LogP contribution in [-0.4, -0.2) is 54.3 Å². The number of rotatable bonds is 3. The number of β-amino-alcohol motifs (C(OH)–C–C–N with tert-alkyl or cyclic N) is 1. The average molecular weight is 219 g/mol. The van der Waals surface area contributed by atoms with Crippen molar-refractivity contribution in [2.75, 3.05) is 44.2 Å². The van der Waals surface area contributed by atoms with Crippen molar-refractivity contribution < 1.29 is 5.11 Å². The first-order chi connectivity index (χ1) is 7.79. The monoisotopic (exact) mass is 219 g/mol. The molecule has 0 spiro atoms. The summed E-state index contributed by atoms with van der Waals surface area (Å²) in [5.74, 6) is 0.984. The maximum Gasteiger partial charge on any atom is 0.128 e. The zero-order valence-corrected chi connectivity index (χ0v) is 9.34. The number of nitrogens with zero attached hydrogens (tertiary/aromatic N) is 3. The summed E-state index contributed by atoms with van der Waals surface area (Å²) in [7, 11) is 0. The van der Waals surface area contributed by atoms with Crippen molar-refractivity contribution in [2.45, 2.75) is 0 Å². The lowest BCUT2D eigenvalue weighted by molar-refractivity contribution is 0.188. The van der Waals surface area contributed by atoms with Crippen LogP contribution in [0.1, 0.15) is 5.56 Å². The van der Waals surface area contributed by atoms with Crippen LogP contribution in [-0.2, 0) is 0 Å². The molecule has 0 aromatic carbocycles. The Bertz CT molecular complexity index is 318. The molecule has 0 unspecified atom stereocenters. The Balaban J connectivity index is 1.91. The first kappa shape index (κ1) is 11.4. The fraction of sp³-hybridized carbons (Fsp3) is 0.500. The molecule has 2 heterocycles. The van der Waals surface area contributed by atoms with Crippen LogP contribution in [0.3, 0.4) is 0 Å². The molecule has 1 fully saturated rings. The van der Waals surface area contributed by atoms with E-state index in [2.05, 4.69) is 14.8 Å². The first-order valence-electron chi connectivity index (χ1n) is 5.59. The van der Waals surface area contributed by atoms with E-state index in [-0.39, 0.29) is 6.61 Å². The van der Waals surface area contributed by atoms with E-state index in [0.717, 1.165) is 38.5 Å². The summed E-state index contributed by atoms with van der Waals surface area (Å²) >= 11 is 0. The quantitative estimate of drug-likeness (QED) is 0.791. The Labute approximate surface area is 96.5 Å². The van der Waals surface area contributed by atoms with Gasteiger partial charge in [-0.3, -0.25) is 4.90 Å². The molecule has 1 N–H and O–H groups in total. The number of hydrogen-bond acceptors (Lipinski definition) is 4. The number of aliphatic hydroxyl groups is 1. The van der Waals surface area contributed by atoms with Gasteiger partial charge in [-0.2, -0.15) is 0 Å². The number of hydrogen-bond donors (Lipinski definition) is 1. The van der Waals surface area contributed by atoms with Crippen LogP contribution in [0.25, 0.3) is 0 Å². The third-order valence-electron chi connectivity index (χ3n) is 2.88. The predicted octanol–water partition coefficient (Wildman–Crippen LogP) is 0.255. The summed E-state index contributed by atoms with van der Waals surface area (Å²) in [6.07, 6.45) is 1.69. The largest absolute Gasteiger partial charge is 0.395 e. The molecule has 2 radical (unpaired) electrons. The summed E-state index contributed by atoms with van der Waals surface area (Å²) in [6.45, 7) is 10.5. The van der Waals surface area contributed by atoms with E-state index in [1.165, 1.54) is 0 Å². The van der Waals surface area contributed by atoms with Crippen molar-refractivity contribution >= 4 is 5.82 Å². The van der Waals surface area contributed by atoms with E-state index in [1.54, 1.807) is 6.20 Å². The Morgan fingerprint density at radius 2 is 2.00 bits per heavy atom. The fourth-order valence-electron chi connectivity index (χ4n) is 1.93. The standard InChI is InChI=1S/C12H17N3O/c1-11-2-3-12(13-10-11)15-6-4-14(5-7-15)8-9-16/h1-3,10,16H,4-9H2.